The number of ether oxygens (including phenoxy) is 2. The molecule has 0 amide bonds. The third-order valence-electron chi connectivity index (χ3n) is 7.97. The number of hydrogen-bond donors (Lipinski definition) is 2. The van der Waals surface area contributed by atoms with Crippen LogP contribution in [0.3, 0.4) is 0 Å². The van der Waals surface area contributed by atoms with Crippen LogP contribution in [0, 0.1) is 0 Å². The molecule has 0 heterocycles. The molecule has 2 aromatic rings. The van der Waals surface area contributed by atoms with Crippen molar-refractivity contribution in [3.05, 3.63) is 59.7 Å². The Hall–Kier alpha value is -2.04. The van der Waals surface area contributed by atoms with E-state index in [4.69, 9.17) is 9.47 Å². The molecule has 0 unspecified atom stereocenters. The standard InChI is InChI=1S/C35H56N2O2/c1-25(38-29-16-12-14-26(20-29)32(2,3)4)24-36-34(8,9)18-19-35(10,11)37-28-22-31(23-28)39-30-17-13-15-27(21-30)33(5,6)7/h12-17,20-21,25,28,31,36-37H,18-19,22-24H2,1-11H3/t25-,28?,31?/m0/s1. The van der Waals surface area contributed by atoms with E-state index in [0.717, 1.165) is 43.7 Å². The molecule has 0 aromatic heterocycles. The third-order valence-corrected chi connectivity index (χ3v) is 7.97. The van der Waals surface area contributed by atoms with Crippen molar-refractivity contribution in [2.24, 2.45) is 0 Å². The molecule has 2 aromatic carbocycles. The van der Waals surface area contributed by atoms with Crippen LogP contribution in [-0.4, -0.2) is 35.9 Å². The van der Waals surface area contributed by atoms with Crippen molar-refractivity contribution < 1.29 is 9.47 Å². The van der Waals surface area contributed by atoms with Gasteiger partial charge in [-0.1, -0.05) is 65.8 Å². The summed E-state index contributed by atoms with van der Waals surface area (Å²) in [7, 11) is 0. The van der Waals surface area contributed by atoms with E-state index in [0.29, 0.717) is 12.1 Å². The predicted molar refractivity (Wildman–Crippen MR) is 166 cm³/mol. The minimum atomic E-state index is 0.0349. The first-order chi connectivity index (χ1) is 17.9. The molecule has 218 valence electrons. The summed E-state index contributed by atoms with van der Waals surface area (Å²) in [4.78, 5) is 0. The highest BCUT2D eigenvalue weighted by Crippen LogP contribution is 2.32. The molecular formula is C35H56N2O2. The molecule has 0 aliphatic heterocycles. The smallest absolute Gasteiger partial charge is 0.120 e. The Morgan fingerprint density at radius 1 is 0.744 bits per heavy atom. The van der Waals surface area contributed by atoms with Crippen LogP contribution in [0.1, 0.15) is 113 Å². The van der Waals surface area contributed by atoms with Crippen LogP contribution in [0.5, 0.6) is 11.5 Å². The molecule has 0 radical (unpaired) electrons. The zero-order valence-electron chi connectivity index (χ0n) is 26.7. The van der Waals surface area contributed by atoms with Gasteiger partial charge in [0.15, 0.2) is 0 Å². The summed E-state index contributed by atoms with van der Waals surface area (Å²) in [6.07, 6.45) is 4.72. The molecule has 4 nitrogen and oxygen atoms in total. The van der Waals surface area contributed by atoms with Gasteiger partial charge in [0.1, 0.15) is 23.7 Å². The fraction of sp³-hybridized carbons (Fsp3) is 0.657. The number of hydrogen-bond acceptors (Lipinski definition) is 4. The molecule has 1 atom stereocenters. The maximum atomic E-state index is 6.30. The summed E-state index contributed by atoms with van der Waals surface area (Å²) in [6.45, 7) is 25.7. The van der Waals surface area contributed by atoms with Gasteiger partial charge < -0.3 is 20.1 Å². The van der Waals surface area contributed by atoms with Crippen LogP contribution in [0.2, 0.25) is 0 Å². The molecule has 0 spiro atoms. The number of benzene rings is 2. The Kier molecular flexibility index (Phi) is 9.87. The van der Waals surface area contributed by atoms with E-state index in [2.05, 4.69) is 135 Å². The summed E-state index contributed by atoms with van der Waals surface area (Å²) in [5.74, 6) is 1.95. The van der Waals surface area contributed by atoms with Crippen molar-refractivity contribution in [1.29, 1.82) is 0 Å². The van der Waals surface area contributed by atoms with E-state index >= 15 is 0 Å². The second-order valence-electron chi connectivity index (χ2n) is 15.2. The fourth-order valence-electron chi connectivity index (χ4n) is 5.08. The van der Waals surface area contributed by atoms with Gasteiger partial charge in [0.2, 0.25) is 0 Å². The maximum absolute atomic E-state index is 6.30. The van der Waals surface area contributed by atoms with E-state index in [1.165, 1.54) is 11.1 Å². The molecule has 0 bridgehead atoms. The second-order valence-corrected chi connectivity index (χ2v) is 15.2. The van der Waals surface area contributed by atoms with Crippen molar-refractivity contribution in [3.63, 3.8) is 0 Å². The highest BCUT2D eigenvalue weighted by atomic mass is 16.5. The van der Waals surface area contributed by atoms with E-state index in [9.17, 15) is 0 Å². The zero-order chi connectivity index (χ0) is 29.1. The summed E-state index contributed by atoms with van der Waals surface area (Å²) in [5.41, 5.74) is 2.99. The Bertz CT molecular complexity index is 1050. The molecule has 1 aliphatic carbocycles. The van der Waals surface area contributed by atoms with Crippen molar-refractivity contribution in [2.75, 3.05) is 6.54 Å². The van der Waals surface area contributed by atoms with E-state index < -0.39 is 0 Å². The van der Waals surface area contributed by atoms with Crippen LogP contribution >= 0.6 is 0 Å². The van der Waals surface area contributed by atoms with Crippen LogP contribution < -0.4 is 20.1 Å². The average Bonchev–Trinajstić information content (AvgIpc) is 2.80. The van der Waals surface area contributed by atoms with Gasteiger partial charge in [0.05, 0.1) is 0 Å². The Morgan fingerprint density at radius 2 is 1.26 bits per heavy atom. The predicted octanol–water partition coefficient (Wildman–Crippen LogP) is 8.18. The molecule has 0 saturated heterocycles. The van der Waals surface area contributed by atoms with Crippen LogP contribution in [0.25, 0.3) is 0 Å². The van der Waals surface area contributed by atoms with Crippen molar-refractivity contribution >= 4 is 0 Å². The molecule has 39 heavy (non-hydrogen) atoms. The Labute approximate surface area is 239 Å². The minimum Gasteiger partial charge on any atom is -0.490 e. The van der Waals surface area contributed by atoms with Gasteiger partial charge in [-0.3, -0.25) is 0 Å². The number of nitrogens with one attached hydrogen (secondary N) is 2. The molecule has 1 saturated carbocycles. The van der Waals surface area contributed by atoms with E-state index in [1.807, 2.05) is 0 Å². The first kappa shape index (κ1) is 31.5. The van der Waals surface area contributed by atoms with Gasteiger partial charge in [0, 0.05) is 23.7 Å². The summed E-state index contributed by atoms with van der Waals surface area (Å²) >= 11 is 0. The molecule has 4 heteroatoms. The lowest BCUT2D eigenvalue weighted by Crippen LogP contribution is -2.55. The summed E-state index contributed by atoms with van der Waals surface area (Å²) in [5, 5.41) is 7.65. The monoisotopic (exact) mass is 536 g/mol. The van der Waals surface area contributed by atoms with Crippen LogP contribution in [0.4, 0.5) is 0 Å². The SMILES string of the molecule is C[C@@H](CNC(C)(C)CCC(C)(C)NC1CC(Oc2cccc(C(C)(C)C)c2)C1)Oc1cccc(C(C)(C)C)c1. The normalized spacial score (nSPS) is 19.4. The highest BCUT2D eigenvalue weighted by Gasteiger charge is 2.35. The number of rotatable bonds is 12. The van der Waals surface area contributed by atoms with Gasteiger partial charge >= 0.3 is 0 Å². The van der Waals surface area contributed by atoms with Gasteiger partial charge in [-0.05, 0) is 107 Å². The second kappa shape index (κ2) is 12.2. The molecule has 1 aliphatic rings. The first-order valence-electron chi connectivity index (χ1n) is 15.0. The average molecular weight is 537 g/mol. The Morgan fingerprint density at radius 3 is 1.82 bits per heavy atom. The fourth-order valence-corrected chi connectivity index (χ4v) is 5.08. The largest absolute Gasteiger partial charge is 0.490 e. The van der Waals surface area contributed by atoms with Gasteiger partial charge in [-0.2, -0.15) is 0 Å². The van der Waals surface area contributed by atoms with Gasteiger partial charge in [-0.25, -0.2) is 0 Å². The van der Waals surface area contributed by atoms with E-state index in [-0.39, 0.29) is 28.0 Å². The van der Waals surface area contributed by atoms with Gasteiger partial charge in [-0.15, -0.1) is 0 Å². The Balaban J connectivity index is 1.39. The molecule has 2 N–H and O–H groups in total. The van der Waals surface area contributed by atoms with Crippen molar-refractivity contribution in [1.82, 2.24) is 10.6 Å². The third kappa shape index (κ3) is 10.1. The molecule has 1 fully saturated rings. The quantitative estimate of drug-likeness (QED) is 0.287. The van der Waals surface area contributed by atoms with E-state index in [1.54, 1.807) is 0 Å². The highest BCUT2D eigenvalue weighted by molar-refractivity contribution is 5.33. The van der Waals surface area contributed by atoms with Crippen LogP contribution in [0.15, 0.2) is 48.5 Å². The first-order valence-corrected chi connectivity index (χ1v) is 15.0. The summed E-state index contributed by atoms with van der Waals surface area (Å²) < 4.78 is 12.6. The van der Waals surface area contributed by atoms with Crippen molar-refractivity contribution in [3.8, 4) is 11.5 Å². The maximum Gasteiger partial charge on any atom is 0.120 e. The lowest BCUT2D eigenvalue weighted by Gasteiger charge is -2.42. The van der Waals surface area contributed by atoms with Gasteiger partial charge in [0.25, 0.3) is 0 Å². The molecular weight excluding hydrogens is 480 g/mol. The van der Waals surface area contributed by atoms with Crippen molar-refractivity contribution in [2.45, 2.75) is 142 Å². The lowest BCUT2D eigenvalue weighted by molar-refractivity contribution is 0.0685. The topological polar surface area (TPSA) is 42.5 Å². The minimum absolute atomic E-state index is 0.0349. The zero-order valence-corrected chi connectivity index (χ0v) is 26.7. The molecule has 3 rings (SSSR count). The van der Waals surface area contributed by atoms with Crippen LogP contribution in [-0.2, 0) is 10.8 Å². The summed E-state index contributed by atoms with van der Waals surface area (Å²) in [6, 6.07) is 17.6. The lowest BCUT2D eigenvalue weighted by atomic mass is 9.84.